The van der Waals surface area contributed by atoms with Crippen LogP contribution in [0.2, 0.25) is 0 Å². The van der Waals surface area contributed by atoms with Crippen LogP contribution in [0.15, 0.2) is 0 Å². The molecule has 2 fully saturated rings. The molecule has 2 heterocycles. The fourth-order valence-corrected chi connectivity index (χ4v) is 2.97. The van der Waals surface area contributed by atoms with Crippen molar-refractivity contribution < 1.29 is 14.7 Å². The predicted molar refractivity (Wildman–Crippen MR) is 75.0 cm³/mol. The molecule has 3 N–H and O–H groups in total. The summed E-state index contributed by atoms with van der Waals surface area (Å²) >= 11 is 0. The van der Waals surface area contributed by atoms with E-state index in [0.29, 0.717) is 26.1 Å². The predicted octanol–water partition coefficient (Wildman–Crippen LogP) is -0.526. The normalized spacial score (nSPS) is 29.7. The number of rotatable bonds is 5. The van der Waals surface area contributed by atoms with Gasteiger partial charge in [-0.1, -0.05) is 6.92 Å². The van der Waals surface area contributed by atoms with Crippen molar-refractivity contribution in [1.82, 2.24) is 15.5 Å². The molecule has 0 aromatic rings. The number of likely N-dealkylation sites (tertiary alicyclic amines) is 1. The van der Waals surface area contributed by atoms with Gasteiger partial charge in [-0.15, -0.1) is 0 Å². The number of aliphatic hydroxyl groups is 1. The van der Waals surface area contributed by atoms with Gasteiger partial charge in [-0.3, -0.25) is 9.59 Å². The first-order chi connectivity index (χ1) is 9.63. The highest BCUT2D eigenvalue weighted by Gasteiger charge is 2.34. The van der Waals surface area contributed by atoms with Gasteiger partial charge < -0.3 is 20.6 Å². The molecule has 2 amide bonds. The average Bonchev–Trinajstić information content (AvgIpc) is 3.05. The van der Waals surface area contributed by atoms with Crippen LogP contribution in [0.5, 0.6) is 0 Å². The highest BCUT2D eigenvalue weighted by Crippen LogP contribution is 2.19. The molecule has 0 bridgehead atoms. The van der Waals surface area contributed by atoms with E-state index in [9.17, 15) is 14.7 Å². The molecule has 6 nitrogen and oxygen atoms in total. The Hall–Kier alpha value is -1.14. The molecule has 114 valence electrons. The first kappa shape index (κ1) is 15.3. The van der Waals surface area contributed by atoms with Gasteiger partial charge in [0.05, 0.1) is 6.10 Å². The van der Waals surface area contributed by atoms with Gasteiger partial charge in [0.15, 0.2) is 0 Å². The number of carbonyl (C=O) groups is 2. The van der Waals surface area contributed by atoms with E-state index in [2.05, 4.69) is 10.6 Å². The lowest BCUT2D eigenvalue weighted by Crippen LogP contribution is -2.47. The Morgan fingerprint density at radius 3 is 2.85 bits per heavy atom. The zero-order chi connectivity index (χ0) is 14.5. The number of nitrogens with one attached hydrogen (secondary N) is 2. The van der Waals surface area contributed by atoms with Gasteiger partial charge in [0, 0.05) is 38.5 Å². The van der Waals surface area contributed by atoms with Gasteiger partial charge in [-0.25, -0.2) is 0 Å². The molecule has 0 aromatic carbocycles. The summed E-state index contributed by atoms with van der Waals surface area (Å²) in [4.78, 5) is 25.9. The van der Waals surface area contributed by atoms with Crippen LogP contribution in [0.25, 0.3) is 0 Å². The summed E-state index contributed by atoms with van der Waals surface area (Å²) < 4.78 is 0. The quantitative estimate of drug-likeness (QED) is 0.634. The van der Waals surface area contributed by atoms with E-state index in [-0.39, 0.29) is 23.8 Å². The van der Waals surface area contributed by atoms with Crippen molar-refractivity contribution in [1.29, 1.82) is 0 Å². The summed E-state index contributed by atoms with van der Waals surface area (Å²) in [5.74, 6) is 0.0684. The van der Waals surface area contributed by atoms with Gasteiger partial charge in [-0.2, -0.15) is 0 Å². The third kappa shape index (κ3) is 3.49. The third-order valence-electron chi connectivity index (χ3n) is 4.18. The number of hydrogen-bond donors (Lipinski definition) is 3. The van der Waals surface area contributed by atoms with E-state index in [1.807, 2.05) is 6.92 Å². The minimum atomic E-state index is -0.392. The minimum absolute atomic E-state index is 0.0696. The molecule has 3 atom stereocenters. The van der Waals surface area contributed by atoms with Crippen LogP contribution in [0.1, 0.15) is 32.6 Å². The summed E-state index contributed by atoms with van der Waals surface area (Å²) in [6.45, 7) is 4.44. The van der Waals surface area contributed by atoms with Crippen LogP contribution in [-0.4, -0.2) is 60.1 Å². The number of β-amino-alcohol motifs (C(OH)–C–C–N with tert-alkyl or cyclic N) is 1. The van der Waals surface area contributed by atoms with Gasteiger partial charge in [-0.05, 0) is 19.3 Å². The van der Waals surface area contributed by atoms with Gasteiger partial charge in [0.25, 0.3) is 0 Å². The van der Waals surface area contributed by atoms with E-state index < -0.39 is 6.10 Å². The van der Waals surface area contributed by atoms with Crippen molar-refractivity contribution in [2.75, 3.05) is 26.2 Å². The average molecular weight is 283 g/mol. The van der Waals surface area contributed by atoms with Crippen LogP contribution >= 0.6 is 0 Å². The Morgan fingerprint density at radius 2 is 2.20 bits per heavy atom. The largest absolute Gasteiger partial charge is 0.391 e. The summed E-state index contributed by atoms with van der Waals surface area (Å²) in [7, 11) is 0. The van der Waals surface area contributed by atoms with Crippen LogP contribution in [0.3, 0.4) is 0 Å². The maximum absolute atomic E-state index is 12.2. The molecule has 0 saturated carbocycles. The first-order valence-electron chi connectivity index (χ1n) is 7.59. The molecule has 3 unspecified atom stereocenters. The maximum atomic E-state index is 12.2. The Bertz CT molecular complexity index is 362. The van der Waals surface area contributed by atoms with E-state index in [4.69, 9.17) is 0 Å². The lowest BCUT2D eigenvalue weighted by molar-refractivity contribution is -0.138. The van der Waals surface area contributed by atoms with Crippen LogP contribution in [-0.2, 0) is 9.59 Å². The lowest BCUT2D eigenvalue weighted by Gasteiger charge is -2.24. The summed E-state index contributed by atoms with van der Waals surface area (Å²) in [5.41, 5.74) is 0. The molecule has 0 spiro atoms. The zero-order valence-corrected chi connectivity index (χ0v) is 12.1. The SMILES string of the molecule is CCCC(=O)N1CCCC1C(=O)NCC1CNCC1O. The molecule has 2 aliphatic heterocycles. The Labute approximate surface area is 119 Å². The molecule has 2 rings (SSSR count). The van der Waals surface area contributed by atoms with Crippen LogP contribution in [0.4, 0.5) is 0 Å². The van der Waals surface area contributed by atoms with E-state index in [1.165, 1.54) is 0 Å². The highest BCUT2D eigenvalue weighted by atomic mass is 16.3. The van der Waals surface area contributed by atoms with E-state index in [0.717, 1.165) is 25.8 Å². The molecule has 6 heteroatoms. The molecule has 0 aromatic heterocycles. The standard InChI is InChI=1S/C14H25N3O3/c1-2-4-13(19)17-6-3-5-11(17)14(20)16-8-10-7-15-9-12(10)18/h10-12,15,18H,2-9H2,1H3,(H,16,20). The summed E-state index contributed by atoms with van der Waals surface area (Å²) in [6.07, 6.45) is 2.56. The number of hydrogen-bond acceptors (Lipinski definition) is 4. The third-order valence-corrected chi connectivity index (χ3v) is 4.18. The maximum Gasteiger partial charge on any atom is 0.242 e. The molecule has 2 saturated heterocycles. The smallest absolute Gasteiger partial charge is 0.242 e. The molecule has 20 heavy (non-hydrogen) atoms. The molecular formula is C14H25N3O3. The fourth-order valence-electron chi connectivity index (χ4n) is 2.97. The Kier molecular flexibility index (Phi) is 5.37. The molecule has 0 aliphatic carbocycles. The number of carbonyl (C=O) groups excluding carboxylic acids is 2. The van der Waals surface area contributed by atoms with Gasteiger partial charge >= 0.3 is 0 Å². The monoisotopic (exact) mass is 283 g/mol. The minimum Gasteiger partial charge on any atom is -0.391 e. The Balaban J connectivity index is 1.83. The molecule has 2 aliphatic rings. The van der Waals surface area contributed by atoms with E-state index in [1.54, 1.807) is 4.90 Å². The second kappa shape index (κ2) is 7.04. The van der Waals surface area contributed by atoms with Crippen molar-refractivity contribution in [3.8, 4) is 0 Å². The van der Waals surface area contributed by atoms with Crippen molar-refractivity contribution >= 4 is 11.8 Å². The first-order valence-corrected chi connectivity index (χ1v) is 7.59. The Morgan fingerprint density at radius 1 is 1.40 bits per heavy atom. The van der Waals surface area contributed by atoms with Gasteiger partial charge in [0.1, 0.15) is 6.04 Å². The topological polar surface area (TPSA) is 81.7 Å². The van der Waals surface area contributed by atoms with Gasteiger partial charge in [0.2, 0.25) is 11.8 Å². The van der Waals surface area contributed by atoms with Crippen molar-refractivity contribution in [3.63, 3.8) is 0 Å². The second-order valence-corrected chi connectivity index (χ2v) is 5.73. The van der Waals surface area contributed by atoms with Crippen LogP contribution in [0, 0.1) is 5.92 Å². The van der Waals surface area contributed by atoms with Crippen LogP contribution < -0.4 is 10.6 Å². The zero-order valence-electron chi connectivity index (χ0n) is 12.1. The van der Waals surface area contributed by atoms with Crippen molar-refractivity contribution in [3.05, 3.63) is 0 Å². The number of aliphatic hydroxyl groups excluding tert-OH is 1. The fraction of sp³-hybridized carbons (Fsp3) is 0.857. The highest BCUT2D eigenvalue weighted by molar-refractivity contribution is 5.88. The van der Waals surface area contributed by atoms with E-state index >= 15 is 0 Å². The summed E-state index contributed by atoms with van der Waals surface area (Å²) in [5, 5.41) is 15.7. The number of amides is 2. The second-order valence-electron chi connectivity index (χ2n) is 5.73. The number of nitrogens with zero attached hydrogens (tertiary/aromatic N) is 1. The lowest BCUT2D eigenvalue weighted by atomic mass is 10.1. The summed E-state index contributed by atoms with van der Waals surface area (Å²) in [6, 6.07) is -0.319. The molecule has 0 radical (unpaired) electrons. The molecular weight excluding hydrogens is 258 g/mol. The van der Waals surface area contributed by atoms with Crippen molar-refractivity contribution in [2.45, 2.75) is 44.8 Å². The van der Waals surface area contributed by atoms with Crippen molar-refractivity contribution in [2.24, 2.45) is 5.92 Å².